The molecule has 1 atom stereocenters. The van der Waals surface area contributed by atoms with Crippen LogP contribution in [0.2, 0.25) is 0 Å². The van der Waals surface area contributed by atoms with Gasteiger partial charge >= 0.3 is 5.97 Å². The summed E-state index contributed by atoms with van der Waals surface area (Å²) in [5.41, 5.74) is 0.589. The Bertz CT molecular complexity index is 367. The Labute approximate surface area is 111 Å². The Kier molecular flexibility index (Phi) is 7.30. The number of aliphatic carboxylic acids is 1. The number of nitrogens with one attached hydrogen (secondary N) is 1. The zero-order chi connectivity index (χ0) is 14.3. The highest BCUT2D eigenvalue weighted by atomic mass is 32.2. The predicted molar refractivity (Wildman–Crippen MR) is 73.6 cm³/mol. The summed E-state index contributed by atoms with van der Waals surface area (Å²) in [6, 6.07) is -0.684. The number of hydrogen-bond donors (Lipinski definition) is 2. The van der Waals surface area contributed by atoms with Gasteiger partial charge in [0, 0.05) is 26.1 Å². The molecule has 6 nitrogen and oxygen atoms in total. The van der Waals surface area contributed by atoms with Crippen LogP contribution in [0, 0.1) is 0 Å². The van der Waals surface area contributed by atoms with Gasteiger partial charge in [0.05, 0.1) is 0 Å². The van der Waals surface area contributed by atoms with Crippen LogP contribution in [0.15, 0.2) is 15.7 Å². The summed E-state index contributed by atoms with van der Waals surface area (Å²) in [7, 11) is 5.03. The number of carboxylic acids is 1. The quantitative estimate of drug-likeness (QED) is 0.666. The number of carbonyl (C=O) groups is 2. The van der Waals surface area contributed by atoms with E-state index in [-0.39, 0.29) is 11.5 Å². The lowest BCUT2D eigenvalue weighted by molar-refractivity contribution is -0.142. The van der Waals surface area contributed by atoms with Crippen molar-refractivity contribution >= 4 is 29.6 Å². The minimum atomic E-state index is -0.927. The highest BCUT2D eigenvalue weighted by Crippen LogP contribution is 2.23. The summed E-state index contributed by atoms with van der Waals surface area (Å²) in [5.74, 6) is -0.927. The Morgan fingerprint density at radius 1 is 1.50 bits per heavy atom. The minimum absolute atomic E-state index is 0.123. The van der Waals surface area contributed by atoms with E-state index in [4.69, 9.17) is 5.11 Å². The Hall–Kier alpha value is -1.34. The highest BCUT2D eigenvalue weighted by Gasteiger charge is 2.23. The lowest BCUT2D eigenvalue weighted by Gasteiger charge is -2.22. The van der Waals surface area contributed by atoms with Crippen LogP contribution < -0.4 is 5.32 Å². The second-order valence-corrected chi connectivity index (χ2v) is 4.97. The lowest BCUT2D eigenvalue weighted by Crippen LogP contribution is -2.37. The first-order valence-corrected chi connectivity index (χ1v) is 6.10. The molecule has 0 unspecified atom stereocenters. The van der Waals surface area contributed by atoms with E-state index < -0.39 is 12.0 Å². The summed E-state index contributed by atoms with van der Waals surface area (Å²) in [5, 5.41) is 12.3. The van der Waals surface area contributed by atoms with Crippen LogP contribution in [0.5, 0.6) is 0 Å². The molecule has 102 valence electrons. The van der Waals surface area contributed by atoms with Gasteiger partial charge in [-0.1, -0.05) is 0 Å². The summed E-state index contributed by atoms with van der Waals surface area (Å²) in [6.45, 7) is 4.82. The van der Waals surface area contributed by atoms with Gasteiger partial charge in [-0.05, 0) is 32.6 Å². The minimum Gasteiger partial charge on any atom is -0.480 e. The fourth-order valence-corrected chi connectivity index (χ4v) is 1.95. The normalized spacial score (nSPS) is 13.8. The average Bonchev–Trinajstić information content (AvgIpc) is 2.26. The summed E-state index contributed by atoms with van der Waals surface area (Å²) in [6.07, 6.45) is 0.230. The highest BCUT2D eigenvalue weighted by molar-refractivity contribution is 8.16. The van der Waals surface area contributed by atoms with Crippen LogP contribution in [0.4, 0.5) is 0 Å². The number of rotatable bonds is 7. The van der Waals surface area contributed by atoms with Crippen molar-refractivity contribution in [1.82, 2.24) is 10.2 Å². The Morgan fingerprint density at radius 2 is 2.06 bits per heavy atom. The van der Waals surface area contributed by atoms with E-state index in [9.17, 15) is 9.59 Å². The zero-order valence-electron chi connectivity index (χ0n) is 11.1. The molecule has 0 fully saturated rings. The molecule has 0 spiro atoms. The molecule has 0 heterocycles. The Balaban J connectivity index is 5.15. The number of aliphatic imine (C=N–C) groups is 1. The topological polar surface area (TPSA) is 82.0 Å². The van der Waals surface area contributed by atoms with E-state index in [1.807, 2.05) is 0 Å². The van der Waals surface area contributed by atoms with E-state index in [0.717, 1.165) is 11.8 Å². The fraction of sp³-hybridized carbons (Fsp3) is 0.545. The molecule has 0 aliphatic heterocycles. The van der Waals surface area contributed by atoms with Crippen molar-refractivity contribution in [2.24, 2.45) is 4.99 Å². The first kappa shape index (κ1) is 16.7. The molecule has 0 rings (SSSR count). The standard InChI is InChI=1S/C11H19N3O3S/c1-7(15)18-10(13-3)8(12-2)6-9(11(16)17)14(4)5/h9,12H,3,6H2,1-2,4-5H3,(H,16,17)/b10-8+/t9-/m0/s1. The van der Waals surface area contributed by atoms with Crippen molar-refractivity contribution < 1.29 is 14.7 Å². The van der Waals surface area contributed by atoms with Gasteiger partial charge < -0.3 is 10.4 Å². The molecule has 0 bridgehead atoms. The molecule has 0 amide bonds. The summed E-state index contributed by atoms with van der Waals surface area (Å²) < 4.78 is 0. The first-order chi connectivity index (χ1) is 8.33. The molecule has 0 saturated heterocycles. The van der Waals surface area contributed by atoms with E-state index in [0.29, 0.717) is 10.7 Å². The fourth-order valence-electron chi connectivity index (χ4n) is 1.31. The van der Waals surface area contributed by atoms with E-state index in [1.54, 1.807) is 26.0 Å². The monoisotopic (exact) mass is 273 g/mol. The van der Waals surface area contributed by atoms with E-state index in [1.165, 1.54) is 6.92 Å². The molecule has 18 heavy (non-hydrogen) atoms. The van der Waals surface area contributed by atoms with Crippen LogP contribution in [0.3, 0.4) is 0 Å². The van der Waals surface area contributed by atoms with Gasteiger partial charge in [-0.3, -0.25) is 19.5 Å². The molecule has 0 aliphatic carbocycles. The SMILES string of the molecule is C=N/C(SC(C)=O)=C(/C[C@@H](C(=O)O)N(C)C)NC. The molecular formula is C11H19N3O3S. The van der Waals surface area contributed by atoms with E-state index >= 15 is 0 Å². The maximum atomic E-state index is 11.1. The van der Waals surface area contributed by atoms with Gasteiger partial charge in [0.1, 0.15) is 11.1 Å². The molecule has 0 radical (unpaired) electrons. The van der Waals surface area contributed by atoms with Gasteiger partial charge in [-0.25, -0.2) is 0 Å². The second kappa shape index (κ2) is 7.88. The second-order valence-electron chi connectivity index (χ2n) is 3.81. The summed E-state index contributed by atoms with van der Waals surface area (Å²) in [4.78, 5) is 27.6. The molecule has 2 N–H and O–H groups in total. The molecule has 7 heteroatoms. The largest absolute Gasteiger partial charge is 0.480 e. The zero-order valence-corrected chi connectivity index (χ0v) is 11.9. The van der Waals surface area contributed by atoms with Crippen molar-refractivity contribution in [3.8, 4) is 0 Å². The van der Waals surface area contributed by atoms with Crippen LogP contribution in [-0.2, 0) is 9.59 Å². The van der Waals surface area contributed by atoms with Crippen LogP contribution in [-0.4, -0.2) is 55.0 Å². The third kappa shape index (κ3) is 5.33. The first-order valence-electron chi connectivity index (χ1n) is 5.28. The third-order valence-corrected chi connectivity index (χ3v) is 3.11. The van der Waals surface area contributed by atoms with Crippen molar-refractivity contribution in [1.29, 1.82) is 0 Å². The third-order valence-electron chi connectivity index (χ3n) is 2.25. The van der Waals surface area contributed by atoms with E-state index in [2.05, 4.69) is 17.0 Å². The van der Waals surface area contributed by atoms with Crippen molar-refractivity contribution in [3.05, 3.63) is 10.7 Å². The molecule has 0 aromatic heterocycles. The molecule has 0 aromatic rings. The number of carboxylic acid groups (broad SMARTS) is 1. The molecule has 0 aromatic carbocycles. The Morgan fingerprint density at radius 3 is 2.33 bits per heavy atom. The predicted octanol–water partition coefficient (Wildman–Crippen LogP) is 0.760. The molecule has 0 saturated carbocycles. The summed E-state index contributed by atoms with van der Waals surface area (Å²) >= 11 is 0.935. The number of hydrogen-bond acceptors (Lipinski definition) is 6. The van der Waals surface area contributed by atoms with Crippen LogP contribution >= 0.6 is 11.8 Å². The molecular weight excluding hydrogens is 254 g/mol. The number of nitrogens with zero attached hydrogens (tertiary/aromatic N) is 2. The van der Waals surface area contributed by atoms with Crippen LogP contribution in [0.1, 0.15) is 13.3 Å². The smallest absolute Gasteiger partial charge is 0.321 e. The van der Waals surface area contributed by atoms with Crippen molar-refractivity contribution in [2.45, 2.75) is 19.4 Å². The molecule has 0 aliphatic rings. The average molecular weight is 273 g/mol. The van der Waals surface area contributed by atoms with Crippen molar-refractivity contribution in [3.63, 3.8) is 0 Å². The van der Waals surface area contributed by atoms with Gasteiger partial charge in [-0.15, -0.1) is 0 Å². The maximum absolute atomic E-state index is 11.1. The van der Waals surface area contributed by atoms with Crippen molar-refractivity contribution in [2.75, 3.05) is 21.1 Å². The van der Waals surface area contributed by atoms with Gasteiger partial charge in [0.15, 0.2) is 5.12 Å². The number of thioether (sulfide) groups is 1. The number of carbonyl (C=O) groups excluding carboxylic acids is 1. The number of likely N-dealkylation sites (N-methyl/N-ethyl adjacent to an activating group) is 1. The van der Waals surface area contributed by atoms with Crippen LogP contribution in [0.25, 0.3) is 0 Å². The van der Waals surface area contributed by atoms with Gasteiger partial charge in [0.2, 0.25) is 0 Å². The van der Waals surface area contributed by atoms with Gasteiger partial charge in [0.25, 0.3) is 0 Å². The maximum Gasteiger partial charge on any atom is 0.321 e. The van der Waals surface area contributed by atoms with Gasteiger partial charge in [-0.2, -0.15) is 0 Å². The lowest BCUT2D eigenvalue weighted by atomic mass is 10.1.